The number of benzene rings is 1. The van der Waals surface area contributed by atoms with Crippen molar-refractivity contribution in [1.29, 1.82) is 0 Å². The third-order valence-electron chi connectivity index (χ3n) is 2.56. The Morgan fingerprint density at radius 2 is 1.12 bits per heavy atom. The Morgan fingerprint density at radius 3 is 1.38 bits per heavy atom. The molecular formula is C16H15Cl2CuN2O5+. The van der Waals surface area contributed by atoms with E-state index in [4.69, 9.17) is 19.8 Å². The molecule has 0 bridgehead atoms. The van der Waals surface area contributed by atoms with E-state index in [1.807, 2.05) is 12.1 Å². The fraction of sp³-hybridized carbons (Fsp3) is 0.125. The first-order chi connectivity index (χ1) is 11.5. The van der Waals surface area contributed by atoms with Gasteiger partial charge in [-0.2, -0.15) is 0 Å². The van der Waals surface area contributed by atoms with Crippen LogP contribution in [0.4, 0.5) is 0 Å². The molecule has 3 rings (SSSR count). The molecular weight excluding hydrogens is 435 g/mol. The van der Waals surface area contributed by atoms with E-state index in [9.17, 15) is 0 Å². The molecule has 7 nitrogen and oxygen atoms in total. The van der Waals surface area contributed by atoms with Crippen LogP contribution in [0.3, 0.4) is 0 Å². The van der Waals surface area contributed by atoms with Gasteiger partial charge in [0.05, 0.1) is 34.7 Å². The van der Waals surface area contributed by atoms with Crippen molar-refractivity contribution in [1.82, 2.24) is 9.97 Å². The summed E-state index contributed by atoms with van der Waals surface area (Å²) in [5.74, 6) is -3.29. The first kappa shape index (κ1) is 26.3. The number of fused-ring (bicyclic) bond motifs is 3. The summed E-state index contributed by atoms with van der Waals surface area (Å²) < 4.78 is 0. The van der Waals surface area contributed by atoms with Gasteiger partial charge in [-0.15, -0.1) is 23.2 Å². The van der Waals surface area contributed by atoms with Crippen molar-refractivity contribution in [3.63, 3.8) is 0 Å². The standard InChI is InChI=1S/C12H8N2.2C2H3ClO2.Cu.H2O/c1-3-9-5-6-10-4-2-8-14-12(10)11(9)13-7-1;2*3-1-2(4)5;;/h1-8H;2*1H2,(H,4,5);;1H2/q;;;+2;/p-1. The number of rotatable bonds is 2. The molecule has 1 radical (unpaired) electrons. The molecule has 3 N–H and O–H groups in total. The summed E-state index contributed by atoms with van der Waals surface area (Å²) >= 11 is 9.35. The Labute approximate surface area is 169 Å². The number of halogens is 2. The third kappa shape index (κ3) is 8.94. The number of carbonyl (C=O) groups is 2. The summed E-state index contributed by atoms with van der Waals surface area (Å²) in [6.07, 6.45) is 3.60. The molecule has 0 saturated heterocycles. The number of hydrogen-bond acceptors (Lipinski definition) is 6. The van der Waals surface area contributed by atoms with Crippen LogP contribution < -0.4 is 10.2 Å². The molecule has 26 heavy (non-hydrogen) atoms. The Bertz CT molecular complexity index is 767. The summed E-state index contributed by atoms with van der Waals surface area (Å²) in [6.45, 7) is 0. The molecule has 2 aromatic heterocycles. The van der Waals surface area contributed by atoms with Crippen LogP contribution in [-0.4, -0.2) is 33.7 Å². The Hall–Kier alpha value is -1.96. The van der Waals surface area contributed by atoms with Crippen molar-refractivity contribution in [2.45, 2.75) is 0 Å². The van der Waals surface area contributed by atoms with E-state index >= 15 is 0 Å². The second-order valence-electron chi connectivity index (χ2n) is 4.23. The summed E-state index contributed by atoms with van der Waals surface area (Å²) in [4.78, 5) is 26.9. The molecule has 0 atom stereocenters. The third-order valence-corrected chi connectivity index (χ3v) is 3.00. The molecule has 0 saturated carbocycles. The number of carboxylic acids is 2. The first-order valence-electron chi connectivity index (χ1n) is 6.59. The van der Waals surface area contributed by atoms with Gasteiger partial charge >= 0.3 is 17.1 Å². The maximum Gasteiger partial charge on any atom is 2.00 e. The van der Waals surface area contributed by atoms with Crippen LogP contribution in [0.15, 0.2) is 48.8 Å². The fourth-order valence-corrected chi connectivity index (χ4v) is 1.68. The number of carbonyl (C=O) groups excluding carboxylic acids is 2. The van der Waals surface area contributed by atoms with Crippen molar-refractivity contribution in [2.24, 2.45) is 0 Å². The second-order valence-corrected chi connectivity index (χ2v) is 4.76. The smallest absolute Gasteiger partial charge is 0.549 e. The normalized spacial score (nSPS) is 8.69. The minimum atomic E-state index is -1.23. The number of pyridine rings is 2. The first-order valence-corrected chi connectivity index (χ1v) is 7.66. The van der Waals surface area contributed by atoms with E-state index in [1.165, 1.54) is 0 Å². The predicted octanol–water partition coefficient (Wildman–Crippen LogP) is -0.191. The maximum atomic E-state index is 9.12. The van der Waals surface area contributed by atoms with Crippen LogP contribution in [0.2, 0.25) is 0 Å². The molecule has 3 aromatic rings. The van der Waals surface area contributed by atoms with Gasteiger partial charge in [-0.3, -0.25) is 9.97 Å². The molecule has 0 unspecified atom stereocenters. The van der Waals surface area contributed by atoms with Crippen molar-refractivity contribution in [3.8, 4) is 0 Å². The molecule has 2 heterocycles. The number of hydrogen-bond donors (Lipinski definition) is 0. The van der Waals surface area contributed by atoms with Gasteiger partial charge in [0.2, 0.25) is 0 Å². The molecule has 1 aromatic carbocycles. The molecule has 0 aliphatic heterocycles. The van der Waals surface area contributed by atoms with E-state index in [-0.39, 0.29) is 22.5 Å². The molecule has 10 heteroatoms. The predicted molar refractivity (Wildman–Crippen MR) is 93.4 cm³/mol. The van der Waals surface area contributed by atoms with Crippen LogP contribution >= 0.6 is 23.2 Å². The van der Waals surface area contributed by atoms with Crippen molar-refractivity contribution < 1.29 is 42.3 Å². The van der Waals surface area contributed by atoms with Gasteiger partial charge in [-0.25, -0.2) is 0 Å². The van der Waals surface area contributed by atoms with E-state index in [0.717, 1.165) is 21.8 Å². The van der Waals surface area contributed by atoms with Gasteiger partial charge in [0.25, 0.3) is 0 Å². The van der Waals surface area contributed by atoms with Gasteiger partial charge in [0.1, 0.15) is 0 Å². The van der Waals surface area contributed by atoms with Gasteiger partial charge in [0, 0.05) is 23.2 Å². The van der Waals surface area contributed by atoms with E-state index in [2.05, 4.69) is 57.4 Å². The Balaban J connectivity index is 0. The van der Waals surface area contributed by atoms with E-state index in [0.29, 0.717) is 0 Å². The summed E-state index contributed by atoms with van der Waals surface area (Å²) in [7, 11) is 0. The topological polar surface area (TPSA) is 139 Å². The summed E-state index contributed by atoms with van der Waals surface area (Å²) in [5, 5.41) is 20.5. The van der Waals surface area contributed by atoms with Gasteiger partial charge in [-0.1, -0.05) is 24.3 Å². The molecule has 0 aliphatic rings. The van der Waals surface area contributed by atoms with Crippen LogP contribution in [0, 0.1) is 0 Å². The van der Waals surface area contributed by atoms with Gasteiger partial charge in [-0.05, 0) is 12.1 Å². The van der Waals surface area contributed by atoms with E-state index in [1.54, 1.807) is 12.4 Å². The fourth-order valence-electron chi connectivity index (χ4n) is 1.68. The molecule has 0 aliphatic carbocycles. The van der Waals surface area contributed by atoms with Crippen LogP contribution in [-0.2, 0) is 32.1 Å². The van der Waals surface area contributed by atoms with Crippen LogP contribution in [0.1, 0.15) is 0 Å². The van der Waals surface area contributed by atoms with Crippen LogP contribution in [0.5, 0.6) is 0 Å². The largest absolute Gasteiger partial charge is 2.00 e. The quantitative estimate of drug-likeness (QED) is 0.230. The number of aromatic nitrogens is 2. The minimum Gasteiger partial charge on any atom is -0.549 e. The number of aliphatic carboxylic acids is 2. The Kier molecular flexibility index (Phi) is 14.4. The average Bonchev–Trinajstić information content (AvgIpc) is 2.62. The van der Waals surface area contributed by atoms with Crippen molar-refractivity contribution in [3.05, 3.63) is 48.8 Å². The summed E-state index contributed by atoms with van der Waals surface area (Å²) in [6, 6.07) is 12.1. The second kappa shape index (κ2) is 14.2. The molecule has 0 fully saturated rings. The SMILES string of the molecule is O=C([O-])CCl.O=C([O-])CCl.[Cu+2].[OH3+].c1cnc2c(c1)ccc1cccnc12. The molecule has 0 spiro atoms. The molecule has 0 amide bonds. The van der Waals surface area contributed by atoms with Gasteiger partial charge in [0.15, 0.2) is 0 Å². The molecule has 143 valence electrons. The zero-order chi connectivity index (χ0) is 17.9. The maximum absolute atomic E-state index is 9.12. The monoisotopic (exact) mass is 448 g/mol. The van der Waals surface area contributed by atoms with Gasteiger partial charge < -0.3 is 25.3 Å². The number of alkyl halides is 2. The van der Waals surface area contributed by atoms with E-state index < -0.39 is 23.7 Å². The number of carboxylic acid groups (broad SMARTS) is 2. The van der Waals surface area contributed by atoms with Crippen molar-refractivity contribution >= 4 is 56.9 Å². The zero-order valence-corrected chi connectivity index (χ0v) is 15.6. The zero-order valence-electron chi connectivity index (χ0n) is 13.2. The van der Waals surface area contributed by atoms with Crippen molar-refractivity contribution in [2.75, 3.05) is 11.8 Å². The summed E-state index contributed by atoms with van der Waals surface area (Å²) in [5.41, 5.74) is 1.95. The minimum absolute atomic E-state index is 0. The van der Waals surface area contributed by atoms with Crippen LogP contribution in [0.25, 0.3) is 21.8 Å². The average molecular weight is 450 g/mol. The number of nitrogens with zero attached hydrogens (tertiary/aromatic N) is 2. The Morgan fingerprint density at radius 1 is 0.808 bits per heavy atom.